The van der Waals surface area contributed by atoms with Crippen molar-refractivity contribution >= 4 is 17.6 Å². The number of aromatic amines is 1. The zero-order valence-electron chi connectivity index (χ0n) is 13.9. The molecule has 0 aliphatic carbocycles. The summed E-state index contributed by atoms with van der Waals surface area (Å²) in [5.41, 5.74) is 7.57. The number of halogens is 1. The van der Waals surface area contributed by atoms with Crippen LogP contribution in [0.2, 0.25) is 5.02 Å². The average Bonchev–Trinajstić information content (AvgIpc) is 3.05. The molecule has 0 unspecified atom stereocenters. The third-order valence-electron chi connectivity index (χ3n) is 3.74. The summed E-state index contributed by atoms with van der Waals surface area (Å²) < 4.78 is 5.76. The zero-order valence-corrected chi connectivity index (χ0v) is 14.6. The smallest absolute Gasteiger partial charge is 0.304 e. The molecule has 7 heteroatoms. The monoisotopic (exact) mass is 371 g/mol. The van der Waals surface area contributed by atoms with E-state index in [0.29, 0.717) is 28.8 Å². The molecule has 0 bridgehead atoms. The molecule has 134 valence electrons. The van der Waals surface area contributed by atoms with E-state index in [1.54, 1.807) is 30.5 Å². The Labute approximate surface area is 155 Å². The van der Waals surface area contributed by atoms with E-state index in [2.05, 4.69) is 9.97 Å². The molecule has 0 saturated heterocycles. The molecule has 0 saturated carbocycles. The van der Waals surface area contributed by atoms with Gasteiger partial charge in [0, 0.05) is 17.5 Å². The molecule has 1 atom stereocenters. The SMILES string of the molecule is N[C@@H](CC(=O)O)Cc1ncc(-c2ccc(Oc3ccc(Cl)cc3)cc2)[nH]1. The fourth-order valence-corrected chi connectivity index (χ4v) is 2.62. The number of carboxylic acid groups (broad SMARTS) is 1. The first-order chi connectivity index (χ1) is 12.5. The van der Waals surface area contributed by atoms with Gasteiger partial charge < -0.3 is 20.6 Å². The first kappa shape index (κ1) is 18.0. The maximum atomic E-state index is 10.7. The van der Waals surface area contributed by atoms with Gasteiger partial charge in [0.25, 0.3) is 0 Å². The van der Waals surface area contributed by atoms with Crippen LogP contribution in [0.5, 0.6) is 11.5 Å². The fourth-order valence-electron chi connectivity index (χ4n) is 2.50. The van der Waals surface area contributed by atoms with Crippen molar-refractivity contribution in [2.45, 2.75) is 18.9 Å². The minimum atomic E-state index is -0.916. The van der Waals surface area contributed by atoms with Crippen molar-refractivity contribution < 1.29 is 14.6 Å². The highest BCUT2D eigenvalue weighted by molar-refractivity contribution is 6.30. The number of H-pyrrole nitrogens is 1. The van der Waals surface area contributed by atoms with Gasteiger partial charge in [-0.25, -0.2) is 4.98 Å². The predicted octanol–water partition coefficient (Wildman–Crippen LogP) is 3.87. The first-order valence-corrected chi connectivity index (χ1v) is 8.42. The average molecular weight is 372 g/mol. The van der Waals surface area contributed by atoms with E-state index in [4.69, 9.17) is 27.2 Å². The van der Waals surface area contributed by atoms with Crippen LogP contribution in [-0.2, 0) is 11.2 Å². The lowest BCUT2D eigenvalue weighted by atomic mass is 10.1. The number of nitrogens with zero attached hydrogens (tertiary/aromatic N) is 1. The van der Waals surface area contributed by atoms with Crippen molar-refractivity contribution in [3.8, 4) is 22.8 Å². The number of benzene rings is 2. The Bertz CT molecular complexity index is 876. The third kappa shape index (κ3) is 4.84. The highest BCUT2D eigenvalue weighted by Gasteiger charge is 2.12. The lowest BCUT2D eigenvalue weighted by molar-refractivity contribution is -0.137. The van der Waals surface area contributed by atoms with E-state index in [-0.39, 0.29) is 6.42 Å². The highest BCUT2D eigenvalue weighted by atomic mass is 35.5. The van der Waals surface area contributed by atoms with Crippen LogP contribution in [-0.4, -0.2) is 27.1 Å². The van der Waals surface area contributed by atoms with E-state index >= 15 is 0 Å². The van der Waals surface area contributed by atoms with Gasteiger partial charge in [-0.15, -0.1) is 0 Å². The van der Waals surface area contributed by atoms with Crippen LogP contribution in [0.15, 0.2) is 54.7 Å². The molecule has 26 heavy (non-hydrogen) atoms. The highest BCUT2D eigenvalue weighted by Crippen LogP contribution is 2.26. The summed E-state index contributed by atoms with van der Waals surface area (Å²) >= 11 is 5.86. The topological polar surface area (TPSA) is 101 Å². The lowest BCUT2D eigenvalue weighted by Crippen LogP contribution is -2.26. The Morgan fingerprint density at radius 3 is 2.38 bits per heavy atom. The third-order valence-corrected chi connectivity index (χ3v) is 3.99. The zero-order chi connectivity index (χ0) is 18.5. The Kier molecular flexibility index (Phi) is 5.55. The fraction of sp³-hybridized carbons (Fsp3) is 0.158. The normalized spacial score (nSPS) is 11.9. The van der Waals surface area contributed by atoms with Crippen molar-refractivity contribution in [3.05, 3.63) is 65.6 Å². The van der Waals surface area contributed by atoms with Gasteiger partial charge in [0.15, 0.2) is 0 Å². The molecule has 2 aromatic carbocycles. The number of imidazole rings is 1. The predicted molar refractivity (Wildman–Crippen MR) is 99.5 cm³/mol. The number of rotatable bonds is 7. The maximum Gasteiger partial charge on any atom is 0.304 e. The van der Waals surface area contributed by atoms with E-state index in [1.165, 1.54) is 0 Å². The van der Waals surface area contributed by atoms with Crippen molar-refractivity contribution in [3.63, 3.8) is 0 Å². The summed E-state index contributed by atoms with van der Waals surface area (Å²) in [7, 11) is 0. The van der Waals surface area contributed by atoms with Crippen LogP contribution in [0.4, 0.5) is 0 Å². The number of aromatic nitrogens is 2. The van der Waals surface area contributed by atoms with Crippen LogP contribution >= 0.6 is 11.6 Å². The van der Waals surface area contributed by atoms with Crippen molar-refractivity contribution in [1.29, 1.82) is 0 Å². The molecule has 0 aliphatic heterocycles. The van der Waals surface area contributed by atoms with Gasteiger partial charge in [0.2, 0.25) is 0 Å². The summed E-state index contributed by atoms with van der Waals surface area (Å²) in [4.78, 5) is 18.1. The number of nitrogens with one attached hydrogen (secondary N) is 1. The second kappa shape index (κ2) is 8.03. The second-order valence-corrected chi connectivity index (χ2v) is 6.32. The molecule has 3 rings (SSSR count). The summed E-state index contributed by atoms with van der Waals surface area (Å²) in [6.45, 7) is 0. The molecule has 0 amide bonds. The molecule has 1 heterocycles. The largest absolute Gasteiger partial charge is 0.481 e. The molecule has 0 radical (unpaired) electrons. The van der Waals surface area contributed by atoms with Crippen LogP contribution < -0.4 is 10.5 Å². The van der Waals surface area contributed by atoms with Crippen molar-refractivity contribution in [1.82, 2.24) is 9.97 Å². The molecule has 0 fully saturated rings. The minimum Gasteiger partial charge on any atom is -0.481 e. The number of aliphatic carboxylic acids is 1. The molecule has 0 spiro atoms. The van der Waals surface area contributed by atoms with E-state index in [9.17, 15) is 4.79 Å². The summed E-state index contributed by atoms with van der Waals surface area (Å²) in [6, 6.07) is 14.2. The summed E-state index contributed by atoms with van der Waals surface area (Å²) in [5.74, 6) is 1.16. The summed E-state index contributed by atoms with van der Waals surface area (Å²) in [6.07, 6.45) is 1.99. The van der Waals surface area contributed by atoms with Crippen LogP contribution in [0.25, 0.3) is 11.3 Å². The van der Waals surface area contributed by atoms with E-state index < -0.39 is 12.0 Å². The van der Waals surface area contributed by atoms with Gasteiger partial charge in [-0.2, -0.15) is 0 Å². The number of ether oxygens (including phenoxy) is 1. The number of carbonyl (C=O) groups is 1. The molecule has 4 N–H and O–H groups in total. The number of carboxylic acids is 1. The standard InChI is InChI=1S/C19H18ClN3O3/c20-13-3-7-16(8-4-13)26-15-5-1-12(2-6-15)17-11-22-18(23-17)9-14(21)10-19(24)25/h1-8,11,14H,9-10,21H2,(H,22,23)(H,24,25)/t14-/m1/s1. The van der Waals surface area contributed by atoms with E-state index in [0.717, 1.165) is 11.3 Å². The quantitative estimate of drug-likeness (QED) is 0.585. The van der Waals surface area contributed by atoms with Gasteiger partial charge in [0.1, 0.15) is 17.3 Å². The molecular weight excluding hydrogens is 354 g/mol. The van der Waals surface area contributed by atoms with Gasteiger partial charge in [-0.05, 0) is 54.1 Å². The van der Waals surface area contributed by atoms with Crippen molar-refractivity contribution in [2.75, 3.05) is 0 Å². The Morgan fingerprint density at radius 2 is 1.77 bits per heavy atom. The molecular formula is C19H18ClN3O3. The Balaban J connectivity index is 1.65. The molecule has 6 nitrogen and oxygen atoms in total. The molecule has 0 aliphatic rings. The van der Waals surface area contributed by atoms with Crippen LogP contribution in [0.1, 0.15) is 12.2 Å². The minimum absolute atomic E-state index is 0.0905. The van der Waals surface area contributed by atoms with Crippen molar-refractivity contribution in [2.24, 2.45) is 5.73 Å². The Morgan fingerprint density at radius 1 is 1.15 bits per heavy atom. The van der Waals surface area contributed by atoms with Gasteiger partial charge in [-0.3, -0.25) is 4.79 Å². The van der Waals surface area contributed by atoms with E-state index in [1.807, 2.05) is 24.3 Å². The first-order valence-electron chi connectivity index (χ1n) is 8.05. The molecule has 1 aromatic heterocycles. The lowest BCUT2D eigenvalue weighted by Gasteiger charge is -2.07. The molecule has 3 aromatic rings. The number of hydrogen-bond donors (Lipinski definition) is 3. The Hall–Kier alpha value is -2.83. The van der Waals surface area contributed by atoms with Crippen LogP contribution in [0, 0.1) is 0 Å². The van der Waals surface area contributed by atoms with Gasteiger partial charge in [-0.1, -0.05) is 11.6 Å². The van der Waals surface area contributed by atoms with Gasteiger partial charge >= 0.3 is 5.97 Å². The maximum absolute atomic E-state index is 10.7. The summed E-state index contributed by atoms with van der Waals surface area (Å²) in [5, 5.41) is 9.42. The number of nitrogens with two attached hydrogens (primary N) is 1. The second-order valence-electron chi connectivity index (χ2n) is 5.89. The number of hydrogen-bond acceptors (Lipinski definition) is 4. The van der Waals surface area contributed by atoms with Gasteiger partial charge in [0.05, 0.1) is 18.3 Å². The van der Waals surface area contributed by atoms with Crippen LogP contribution in [0.3, 0.4) is 0 Å².